The molecular weight excluding hydrogens is 258 g/mol. The van der Waals surface area contributed by atoms with Crippen LogP contribution >= 0.6 is 23.4 Å². The molecule has 0 saturated carbocycles. The van der Waals surface area contributed by atoms with Gasteiger partial charge in [0.05, 0.1) is 0 Å². The number of aromatic nitrogens is 3. The third-order valence-electron chi connectivity index (χ3n) is 2.56. The van der Waals surface area contributed by atoms with Gasteiger partial charge in [-0.15, -0.1) is 0 Å². The van der Waals surface area contributed by atoms with Crippen molar-refractivity contribution in [1.82, 2.24) is 15.0 Å². The Morgan fingerprint density at radius 2 is 2.29 bits per heavy atom. The summed E-state index contributed by atoms with van der Waals surface area (Å²) < 4.78 is 0. The summed E-state index contributed by atoms with van der Waals surface area (Å²) in [5, 5.41) is 3.31. The van der Waals surface area contributed by atoms with Gasteiger partial charge >= 0.3 is 0 Å². The Morgan fingerprint density at radius 3 is 3.00 bits per heavy atom. The first-order chi connectivity index (χ1) is 8.20. The maximum absolute atomic E-state index is 5.92. The molecule has 0 aromatic carbocycles. The lowest BCUT2D eigenvalue weighted by atomic mass is 10.3. The summed E-state index contributed by atoms with van der Waals surface area (Å²) in [5.74, 6) is 3.42. The maximum Gasteiger partial charge on any atom is 0.231 e. The van der Waals surface area contributed by atoms with Gasteiger partial charge in [0, 0.05) is 30.6 Å². The molecule has 7 heteroatoms. The van der Waals surface area contributed by atoms with E-state index in [0.717, 1.165) is 24.6 Å². The predicted molar refractivity (Wildman–Crippen MR) is 73.1 cm³/mol. The molecule has 1 aromatic rings. The van der Waals surface area contributed by atoms with Crippen LogP contribution < -0.4 is 10.2 Å². The SMILES string of the molecule is CCNc1nc(Cl)nc(N2CCSCC2C)n1. The van der Waals surface area contributed by atoms with E-state index < -0.39 is 0 Å². The lowest BCUT2D eigenvalue weighted by Crippen LogP contribution is -2.41. The molecule has 1 atom stereocenters. The van der Waals surface area contributed by atoms with Crippen molar-refractivity contribution >= 4 is 35.3 Å². The van der Waals surface area contributed by atoms with E-state index in [0.29, 0.717) is 17.9 Å². The van der Waals surface area contributed by atoms with Gasteiger partial charge in [0.25, 0.3) is 0 Å². The first kappa shape index (κ1) is 12.7. The largest absolute Gasteiger partial charge is 0.354 e. The number of thioether (sulfide) groups is 1. The number of anilines is 2. The van der Waals surface area contributed by atoms with Gasteiger partial charge in [-0.25, -0.2) is 0 Å². The molecule has 1 saturated heterocycles. The lowest BCUT2D eigenvalue weighted by molar-refractivity contribution is 0.675. The number of nitrogens with one attached hydrogen (secondary N) is 1. The van der Waals surface area contributed by atoms with Crippen molar-refractivity contribution in [1.29, 1.82) is 0 Å². The molecule has 2 heterocycles. The molecule has 2 rings (SSSR count). The summed E-state index contributed by atoms with van der Waals surface area (Å²) in [6.07, 6.45) is 0. The molecule has 1 aromatic heterocycles. The van der Waals surface area contributed by atoms with Gasteiger partial charge in [-0.05, 0) is 25.4 Å². The van der Waals surface area contributed by atoms with E-state index in [1.54, 1.807) is 0 Å². The fourth-order valence-electron chi connectivity index (χ4n) is 1.73. The van der Waals surface area contributed by atoms with Gasteiger partial charge in [-0.2, -0.15) is 26.7 Å². The smallest absolute Gasteiger partial charge is 0.231 e. The first-order valence-electron chi connectivity index (χ1n) is 5.70. The van der Waals surface area contributed by atoms with E-state index in [9.17, 15) is 0 Å². The van der Waals surface area contributed by atoms with Crippen molar-refractivity contribution < 1.29 is 0 Å². The van der Waals surface area contributed by atoms with Crippen LogP contribution in [0.3, 0.4) is 0 Å². The highest BCUT2D eigenvalue weighted by atomic mass is 35.5. The van der Waals surface area contributed by atoms with E-state index in [4.69, 9.17) is 11.6 Å². The molecule has 0 radical (unpaired) electrons. The Hall–Kier alpha value is -0.750. The highest BCUT2D eigenvalue weighted by Crippen LogP contribution is 2.22. The van der Waals surface area contributed by atoms with Crippen molar-refractivity contribution in [2.75, 3.05) is 34.8 Å². The van der Waals surface area contributed by atoms with Gasteiger partial charge in [-0.1, -0.05) is 0 Å². The highest BCUT2D eigenvalue weighted by molar-refractivity contribution is 7.99. The number of rotatable bonds is 3. The van der Waals surface area contributed by atoms with Crippen LogP contribution in [0.15, 0.2) is 0 Å². The van der Waals surface area contributed by atoms with E-state index in [2.05, 4.69) is 32.1 Å². The molecule has 17 heavy (non-hydrogen) atoms. The monoisotopic (exact) mass is 273 g/mol. The average molecular weight is 274 g/mol. The molecule has 1 fully saturated rings. The third kappa shape index (κ3) is 3.13. The second kappa shape index (κ2) is 5.73. The fourth-order valence-corrected chi connectivity index (χ4v) is 2.90. The molecule has 1 aliphatic heterocycles. The minimum atomic E-state index is 0.247. The van der Waals surface area contributed by atoms with Crippen LogP contribution in [0.25, 0.3) is 0 Å². The zero-order chi connectivity index (χ0) is 12.3. The van der Waals surface area contributed by atoms with E-state index in [1.807, 2.05) is 18.7 Å². The van der Waals surface area contributed by atoms with Crippen LogP contribution in [-0.4, -0.2) is 45.6 Å². The molecule has 1 unspecified atom stereocenters. The number of hydrogen-bond acceptors (Lipinski definition) is 6. The summed E-state index contributed by atoms with van der Waals surface area (Å²) in [5.41, 5.74) is 0. The fraction of sp³-hybridized carbons (Fsp3) is 0.700. The zero-order valence-electron chi connectivity index (χ0n) is 9.98. The van der Waals surface area contributed by atoms with Crippen molar-refractivity contribution in [3.63, 3.8) is 0 Å². The van der Waals surface area contributed by atoms with Gasteiger partial charge < -0.3 is 10.2 Å². The Bertz CT molecular complexity index is 389. The lowest BCUT2D eigenvalue weighted by Gasteiger charge is -2.33. The molecule has 94 valence electrons. The van der Waals surface area contributed by atoms with Crippen LogP contribution in [0.5, 0.6) is 0 Å². The molecule has 0 bridgehead atoms. The van der Waals surface area contributed by atoms with E-state index in [1.165, 1.54) is 0 Å². The Kier molecular flexibility index (Phi) is 4.28. The van der Waals surface area contributed by atoms with Crippen molar-refractivity contribution in [3.05, 3.63) is 5.28 Å². The van der Waals surface area contributed by atoms with Crippen LogP contribution in [0, 0.1) is 0 Å². The standard InChI is InChI=1S/C10H16ClN5S/c1-3-12-9-13-8(11)14-10(15-9)16-4-5-17-6-7(16)2/h7H,3-6H2,1-2H3,(H,12,13,14,15). The number of nitrogens with zero attached hydrogens (tertiary/aromatic N) is 4. The summed E-state index contributed by atoms with van der Waals surface area (Å²) in [4.78, 5) is 14.8. The van der Waals surface area contributed by atoms with Crippen LogP contribution in [0.4, 0.5) is 11.9 Å². The van der Waals surface area contributed by atoms with Crippen LogP contribution in [0.2, 0.25) is 5.28 Å². The van der Waals surface area contributed by atoms with Gasteiger partial charge in [-0.3, -0.25) is 0 Å². The molecule has 1 aliphatic rings. The normalized spacial score (nSPS) is 20.4. The molecule has 5 nitrogen and oxygen atoms in total. The van der Waals surface area contributed by atoms with Crippen molar-refractivity contribution in [2.24, 2.45) is 0 Å². The average Bonchev–Trinajstić information content (AvgIpc) is 2.29. The molecule has 1 N–H and O–H groups in total. The predicted octanol–water partition coefficient (Wildman–Crippen LogP) is 1.90. The summed E-state index contributed by atoms with van der Waals surface area (Å²) in [7, 11) is 0. The summed E-state index contributed by atoms with van der Waals surface area (Å²) >= 11 is 7.88. The minimum absolute atomic E-state index is 0.247. The van der Waals surface area contributed by atoms with Gasteiger partial charge in [0.1, 0.15) is 0 Å². The summed E-state index contributed by atoms with van der Waals surface area (Å²) in [6, 6.07) is 0.432. The Morgan fingerprint density at radius 1 is 1.47 bits per heavy atom. The highest BCUT2D eigenvalue weighted by Gasteiger charge is 2.22. The van der Waals surface area contributed by atoms with Crippen molar-refractivity contribution in [2.45, 2.75) is 19.9 Å². The third-order valence-corrected chi connectivity index (χ3v) is 3.91. The molecule has 0 spiro atoms. The Labute approximate surface area is 110 Å². The maximum atomic E-state index is 5.92. The molecule has 0 aliphatic carbocycles. The molecular formula is C10H16ClN5S. The second-order valence-corrected chi connectivity index (χ2v) is 5.36. The molecule has 0 amide bonds. The van der Waals surface area contributed by atoms with E-state index in [-0.39, 0.29) is 5.28 Å². The Balaban J connectivity index is 2.24. The van der Waals surface area contributed by atoms with Crippen LogP contribution in [-0.2, 0) is 0 Å². The number of halogens is 1. The van der Waals surface area contributed by atoms with Crippen molar-refractivity contribution in [3.8, 4) is 0 Å². The van der Waals surface area contributed by atoms with Gasteiger partial charge in [0.2, 0.25) is 17.2 Å². The topological polar surface area (TPSA) is 53.9 Å². The van der Waals surface area contributed by atoms with E-state index >= 15 is 0 Å². The zero-order valence-corrected chi connectivity index (χ0v) is 11.6. The minimum Gasteiger partial charge on any atom is -0.354 e. The van der Waals surface area contributed by atoms with Gasteiger partial charge in [0.15, 0.2) is 0 Å². The first-order valence-corrected chi connectivity index (χ1v) is 7.23. The second-order valence-electron chi connectivity index (χ2n) is 3.88. The summed E-state index contributed by atoms with van der Waals surface area (Å²) in [6.45, 7) is 5.90. The quantitative estimate of drug-likeness (QED) is 0.908. The van der Waals surface area contributed by atoms with Crippen LogP contribution in [0.1, 0.15) is 13.8 Å². The number of hydrogen-bond donors (Lipinski definition) is 1.